The van der Waals surface area contributed by atoms with Crippen LogP contribution < -0.4 is 4.90 Å². The van der Waals surface area contributed by atoms with Gasteiger partial charge in [0.25, 0.3) is 0 Å². The summed E-state index contributed by atoms with van der Waals surface area (Å²) in [6, 6.07) is 3.77. The number of hydrogen-bond donors (Lipinski definition) is 1. The lowest BCUT2D eigenvalue weighted by molar-refractivity contribution is -0.141. The number of alkyl halides is 3. The minimum Gasteiger partial charge on any atom is -0.348 e. The molecule has 5 rings (SSSR count). The number of pyridine rings is 1. The molecule has 0 saturated heterocycles. The first-order valence-corrected chi connectivity index (χ1v) is 8.73. The fourth-order valence-corrected chi connectivity index (χ4v) is 3.59. The number of halogens is 4. The Kier molecular flexibility index (Phi) is 3.80. The predicted molar refractivity (Wildman–Crippen MR) is 93.7 cm³/mol. The maximum Gasteiger partial charge on any atom is 0.434 e. The van der Waals surface area contributed by atoms with Gasteiger partial charge in [0.05, 0.1) is 30.1 Å². The molecule has 0 radical (unpaired) electrons. The number of nitrogens with one attached hydrogen (secondary N) is 1. The zero-order valence-electron chi connectivity index (χ0n) is 14.7. The third-order valence-corrected chi connectivity index (χ3v) is 4.88. The van der Waals surface area contributed by atoms with Crippen LogP contribution >= 0.6 is 0 Å². The lowest BCUT2D eigenvalue weighted by Crippen LogP contribution is -2.37. The molecule has 1 atom stereocenters. The molecule has 5 heterocycles. The molecular weight excluding hydrogens is 390 g/mol. The van der Waals surface area contributed by atoms with Gasteiger partial charge < -0.3 is 9.88 Å². The summed E-state index contributed by atoms with van der Waals surface area (Å²) >= 11 is 0. The monoisotopic (exact) mass is 403 g/mol. The Morgan fingerprint density at radius 3 is 2.86 bits per heavy atom. The van der Waals surface area contributed by atoms with Crippen molar-refractivity contribution in [1.29, 1.82) is 0 Å². The standard InChI is InChI=1S/C18H13F4N7/c19-10-2-1-4-29-13(10)6-12(27-29)17-16-11(24-9-25-16)3-5-28(17)15-8-23-7-14(26-15)18(20,21)22/h1-2,4,6-9,17H,3,5H2,(H,24,25)/t17-/m1/s1. The predicted octanol–water partition coefficient (Wildman–Crippen LogP) is 3.16. The van der Waals surface area contributed by atoms with Gasteiger partial charge in [0, 0.05) is 24.9 Å². The highest BCUT2D eigenvalue weighted by Gasteiger charge is 2.37. The van der Waals surface area contributed by atoms with E-state index >= 15 is 0 Å². The Balaban J connectivity index is 1.66. The third kappa shape index (κ3) is 2.89. The lowest BCUT2D eigenvalue weighted by atomic mass is 10.00. The highest BCUT2D eigenvalue weighted by atomic mass is 19.4. The number of H-pyrrole nitrogens is 1. The number of imidazole rings is 1. The van der Waals surface area contributed by atoms with Crippen LogP contribution in [0, 0.1) is 5.82 Å². The largest absolute Gasteiger partial charge is 0.434 e. The second-order valence-corrected chi connectivity index (χ2v) is 6.63. The van der Waals surface area contributed by atoms with Crippen LogP contribution in [-0.4, -0.2) is 36.1 Å². The first-order chi connectivity index (χ1) is 13.9. The Morgan fingerprint density at radius 1 is 1.21 bits per heavy atom. The second kappa shape index (κ2) is 6.26. The van der Waals surface area contributed by atoms with Gasteiger partial charge in [-0.3, -0.25) is 4.98 Å². The highest BCUT2D eigenvalue weighted by molar-refractivity contribution is 5.54. The topological polar surface area (TPSA) is 75.0 Å². The third-order valence-electron chi connectivity index (χ3n) is 4.88. The molecule has 4 aromatic heterocycles. The average molecular weight is 403 g/mol. The van der Waals surface area contributed by atoms with Crippen LogP contribution in [0.25, 0.3) is 5.52 Å². The fourth-order valence-electron chi connectivity index (χ4n) is 3.59. The summed E-state index contributed by atoms with van der Waals surface area (Å²) in [5.41, 5.74) is 1.09. The first-order valence-electron chi connectivity index (χ1n) is 8.73. The minimum absolute atomic E-state index is 0.0519. The normalized spacial score (nSPS) is 17.0. The number of fused-ring (bicyclic) bond motifs is 2. The molecule has 0 saturated carbocycles. The molecule has 29 heavy (non-hydrogen) atoms. The van der Waals surface area contributed by atoms with Crippen molar-refractivity contribution < 1.29 is 17.6 Å². The summed E-state index contributed by atoms with van der Waals surface area (Å²) in [7, 11) is 0. The number of rotatable bonds is 2. The Hall–Kier alpha value is -3.50. The van der Waals surface area contributed by atoms with Crippen molar-refractivity contribution in [2.24, 2.45) is 0 Å². The van der Waals surface area contributed by atoms with E-state index in [4.69, 9.17) is 0 Å². The van der Waals surface area contributed by atoms with Gasteiger partial charge in [0.1, 0.15) is 23.2 Å². The number of hydrogen-bond acceptors (Lipinski definition) is 5. The van der Waals surface area contributed by atoms with Crippen LogP contribution in [0.5, 0.6) is 0 Å². The highest BCUT2D eigenvalue weighted by Crippen LogP contribution is 2.37. The summed E-state index contributed by atoms with van der Waals surface area (Å²) in [6.07, 6.45) is 1.00. The summed E-state index contributed by atoms with van der Waals surface area (Å²) in [5.74, 6) is -0.397. The summed E-state index contributed by atoms with van der Waals surface area (Å²) < 4.78 is 55.0. The summed E-state index contributed by atoms with van der Waals surface area (Å²) in [4.78, 5) is 16.5. The second-order valence-electron chi connectivity index (χ2n) is 6.63. The number of anilines is 1. The zero-order valence-corrected chi connectivity index (χ0v) is 14.7. The molecule has 0 amide bonds. The van der Waals surface area contributed by atoms with Gasteiger partial charge in [-0.2, -0.15) is 18.3 Å². The van der Waals surface area contributed by atoms with E-state index < -0.39 is 23.7 Å². The molecular formula is C18H13F4N7. The van der Waals surface area contributed by atoms with Crippen LogP contribution in [0.1, 0.15) is 28.8 Å². The van der Waals surface area contributed by atoms with Gasteiger partial charge in [-0.05, 0) is 18.2 Å². The Morgan fingerprint density at radius 2 is 2.07 bits per heavy atom. The lowest BCUT2D eigenvalue weighted by Gasteiger charge is -2.34. The molecule has 0 bridgehead atoms. The van der Waals surface area contributed by atoms with Gasteiger partial charge in [0.15, 0.2) is 5.69 Å². The molecule has 0 aromatic carbocycles. The molecule has 148 valence electrons. The van der Waals surface area contributed by atoms with Crippen LogP contribution in [0.2, 0.25) is 0 Å². The maximum atomic E-state index is 14.2. The molecule has 0 spiro atoms. The van der Waals surface area contributed by atoms with Crippen LogP contribution in [0.4, 0.5) is 23.4 Å². The van der Waals surface area contributed by atoms with Crippen molar-refractivity contribution in [2.45, 2.75) is 18.6 Å². The smallest absolute Gasteiger partial charge is 0.348 e. The number of aromatic amines is 1. The molecule has 0 fully saturated rings. The van der Waals surface area contributed by atoms with Gasteiger partial charge in [-0.25, -0.2) is 18.9 Å². The van der Waals surface area contributed by atoms with Crippen LogP contribution in [0.15, 0.2) is 43.1 Å². The van der Waals surface area contributed by atoms with Gasteiger partial charge in [-0.15, -0.1) is 0 Å². The van der Waals surface area contributed by atoms with E-state index in [0.717, 1.165) is 5.69 Å². The van der Waals surface area contributed by atoms with Crippen molar-refractivity contribution in [1.82, 2.24) is 29.5 Å². The molecule has 0 aliphatic carbocycles. The van der Waals surface area contributed by atoms with E-state index in [1.165, 1.54) is 29.2 Å². The quantitative estimate of drug-likeness (QED) is 0.521. The first kappa shape index (κ1) is 17.6. The molecule has 1 aliphatic heterocycles. The van der Waals surface area contributed by atoms with Gasteiger partial charge in [0.2, 0.25) is 0 Å². The molecule has 7 nitrogen and oxygen atoms in total. The van der Waals surface area contributed by atoms with Crippen molar-refractivity contribution >= 4 is 11.3 Å². The summed E-state index contributed by atoms with van der Waals surface area (Å²) in [5, 5.41) is 4.43. The van der Waals surface area contributed by atoms with Gasteiger partial charge >= 0.3 is 6.18 Å². The average Bonchev–Trinajstić information content (AvgIpc) is 3.34. The van der Waals surface area contributed by atoms with Crippen molar-refractivity contribution in [3.05, 3.63) is 71.7 Å². The fraction of sp³-hybridized carbons (Fsp3) is 0.222. The van der Waals surface area contributed by atoms with Crippen LogP contribution in [-0.2, 0) is 12.6 Å². The van der Waals surface area contributed by atoms with E-state index in [1.54, 1.807) is 17.2 Å². The van der Waals surface area contributed by atoms with Crippen molar-refractivity contribution in [3.8, 4) is 0 Å². The SMILES string of the molecule is Fc1cccn2nc([C@@H]3c4nc[nH]c4CCN3c3cncc(C(F)(F)F)n3)cc12. The van der Waals surface area contributed by atoms with Crippen LogP contribution in [0.3, 0.4) is 0 Å². The van der Waals surface area contributed by atoms with E-state index in [1.807, 2.05) is 0 Å². The molecule has 0 unspecified atom stereocenters. The summed E-state index contributed by atoms with van der Waals surface area (Å²) in [6.45, 7) is 0.367. The molecule has 4 aromatic rings. The van der Waals surface area contributed by atoms with Crippen molar-refractivity contribution in [3.63, 3.8) is 0 Å². The Labute approximate surface area is 161 Å². The van der Waals surface area contributed by atoms with E-state index in [-0.39, 0.29) is 11.3 Å². The van der Waals surface area contributed by atoms with E-state index in [9.17, 15) is 17.6 Å². The molecule has 1 aliphatic rings. The maximum absolute atomic E-state index is 14.2. The zero-order chi connectivity index (χ0) is 20.2. The number of nitrogens with zero attached hydrogens (tertiary/aromatic N) is 6. The molecule has 1 N–H and O–H groups in total. The molecule has 11 heteroatoms. The van der Waals surface area contributed by atoms with Crippen molar-refractivity contribution in [2.75, 3.05) is 11.4 Å². The van der Waals surface area contributed by atoms with Gasteiger partial charge in [-0.1, -0.05) is 0 Å². The Bertz CT molecular complexity index is 1200. The van der Waals surface area contributed by atoms with E-state index in [2.05, 4.69) is 25.0 Å². The minimum atomic E-state index is -4.61. The number of aromatic nitrogens is 6. The van der Waals surface area contributed by atoms with E-state index in [0.29, 0.717) is 30.6 Å².